The van der Waals surface area contributed by atoms with Crippen molar-refractivity contribution in [3.05, 3.63) is 64.1 Å². The maximum Gasteiger partial charge on any atom is 0.416 e. The Bertz CT molecular complexity index is 907. The minimum atomic E-state index is -4.64. The van der Waals surface area contributed by atoms with E-state index in [0.29, 0.717) is 17.4 Å². The topological polar surface area (TPSA) is 85.4 Å². The highest BCUT2D eigenvalue weighted by molar-refractivity contribution is 5.63. The molecule has 10 heteroatoms. The zero-order valence-electron chi connectivity index (χ0n) is 12.0. The van der Waals surface area contributed by atoms with Crippen LogP contribution in [0.5, 0.6) is 0 Å². The van der Waals surface area contributed by atoms with E-state index in [-0.39, 0.29) is 12.2 Å². The maximum absolute atomic E-state index is 12.7. The van der Waals surface area contributed by atoms with Crippen molar-refractivity contribution in [3.63, 3.8) is 0 Å². The molecule has 0 radical (unpaired) electrons. The summed E-state index contributed by atoms with van der Waals surface area (Å²) in [6.45, 7) is 0.132. The van der Waals surface area contributed by atoms with Gasteiger partial charge in [0.05, 0.1) is 28.9 Å². The molecule has 3 aromatic rings. The normalized spacial score (nSPS) is 11.6. The number of hydrogen-bond donors (Lipinski definition) is 1. The van der Waals surface area contributed by atoms with Gasteiger partial charge in [0.15, 0.2) is 5.65 Å². The van der Waals surface area contributed by atoms with Crippen molar-refractivity contribution in [1.82, 2.24) is 14.6 Å². The first-order valence-corrected chi connectivity index (χ1v) is 6.73. The Balaban J connectivity index is 1.90. The second kappa shape index (κ2) is 5.80. The maximum atomic E-state index is 12.7. The lowest BCUT2D eigenvalue weighted by atomic mass is 10.1. The van der Waals surface area contributed by atoms with E-state index in [1.807, 2.05) is 0 Å². The molecule has 0 atom stereocenters. The summed E-state index contributed by atoms with van der Waals surface area (Å²) in [7, 11) is 0. The molecule has 0 aliphatic heterocycles. The molecule has 0 aliphatic carbocycles. The lowest BCUT2D eigenvalue weighted by Crippen LogP contribution is -2.10. The van der Waals surface area contributed by atoms with Gasteiger partial charge in [0, 0.05) is 18.3 Å². The smallest absolute Gasteiger partial charge is 0.374 e. The molecule has 3 rings (SSSR count). The van der Waals surface area contributed by atoms with Gasteiger partial charge in [-0.15, -0.1) is 0 Å². The monoisotopic (exact) mass is 337 g/mol. The highest BCUT2D eigenvalue weighted by Crippen LogP contribution is 2.35. The minimum Gasteiger partial charge on any atom is -0.374 e. The Morgan fingerprint density at radius 1 is 1.21 bits per heavy atom. The summed E-state index contributed by atoms with van der Waals surface area (Å²) in [5, 5.41) is 17.9. The van der Waals surface area contributed by atoms with Crippen molar-refractivity contribution in [2.75, 3.05) is 5.32 Å². The lowest BCUT2D eigenvalue weighted by Gasteiger charge is -2.11. The summed E-state index contributed by atoms with van der Waals surface area (Å²) >= 11 is 0. The van der Waals surface area contributed by atoms with E-state index in [1.54, 1.807) is 24.5 Å². The fraction of sp³-hybridized carbons (Fsp3) is 0.143. The van der Waals surface area contributed by atoms with Crippen LogP contribution < -0.4 is 5.32 Å². The fourth-order valence-electron chi connectivity index (χ4n) is 2.21. The first-order valence-electron chi connectivity index (χ1n) is 6.73. The third-order valence-corrected chi connectivity index (χ3v) is 3.35. The van der Waals surface area contributed by atoms with Crippen molar-refractivity contribution >= 4 is 17.0 Å². The van der Waals surface area contributed by atoms with Gasteiger partial charge in [-0.05, 0) is 18.2 Å². The molecule has 24 heavy (non-hydrogen) atoms. The zero-order valence-corrected chi connectivity index (χ0v) is 12.0. The number of nitro groups is 1. The van der Waals surface area contributed by atoms with Gasteiger partial charge in [0.1, 0.15) is 5.69 Å². The Hall–Kier alpha value is -3.17. The summed E-state index contributed by atoms with van der Waals surface area (Å²) in [6.07, 6.45) is -1.54. The number of hydrogen-bond acceptors (Lipinski definition) is 5. The molecule has 0 amide bonds. The summed E-state index contributed by atoms with van der Waals surface area (Å²) in [5.41, 5.74) is -0.478. The van der Waals surface area contributed by atoms with Crippen LogP contribution in [0.25, 0.3) is 5.65 Å². The van der Waals surface area contributed by atoms with Crippen molar-refractivity contribution in [2.45, 2.75) is 12.7 Å². The molecule has 0 saturated carbocycles. The predicted octanol–water partition coefficient (Wildman–Crippen LogP) is 3.27. The van der Waals surface area contributed by atoms with Crippen LogP contribution in [-0.2, 0) is 12.7 Å². The predicted molar refractivity (Wildman–Crippen MR) is 78.4 cm³/mol. The van der Waals surface area contributed by atoms with Gasteiger partial charge in [-0.2, -0.15) is 18.3 Å². The van der Waals surface area contributed by atoms with E-state index in [1.165, 1.54) is 4.52 Å². The summed E-state index contributed by atoms with van der Waals surface area (Å²) in [6, 6.07) is 5.69. The van der Waals surface area contributed by atoms with Crippen LogP contribution in [0.2, 0.25) is 0 Å². The Kier molecular flexibility index (Phi) is 3.80. The Labute approximate surface area is 132 Å². The minimum absolute atomic E-state index is 0.00915. The van der Waals surface area contributed by atoms with Crippen LogP contribution in [-0.4, -0.2) is 19.5 Å². The third-order valence-electron chi connectivity index (χ3n) is 3.35. The number of fused-ring (bicyclic) bond motifs is 1. The van der Waals surface area contributed by atoms with Crippen molar-refractivity contribution in [2.24, 2.45) is 0 Å². The molecule has 1 aromatic carbocycles. The van der Waals surface area contributed by atoms with Crippen LogP contribution >= 0.6 is 0 Å². The molecule has 7 nitrogen and oxygen atoms in total. The average molecular weight is 337 g/mol. The van der Waals surface area contributed by atoms with Gasteiger partial charge in [0.25, 0.3) is 5.69 Å². The average Bonchev–Trinajstić information content (AvgIpc) is 3.00. The molecule has 124 valence electrons. The van der Waals surface area contributed by atoms with E-state index >= 15 is 0 Å². The quantitative estimate of drug-likeness (QED) is 0.583. The summed E-state index contributed by atoms with van der Waals surface area (Å²) in [4.78, 5) is 14.3. The zero-order chi connectivity index (χ0) is 17.3. The molecular weight excluding hydrogens is 327 g/mol. The molecular formula is C14H10F3N5O2. The van der Waals surface area contributed by atoms with E-state index in [0.717, 1.165) is 12.1 Å². The molecule has 1 N–H and O–H groups in total. The number of nitrogens with zero attached hydrogens (tertiary/aromatic N) is 4. The van der Waals surface area contributed by atoms with Crippen LogP contribution in [0, 0.1) is 10.1 Å². The van der Waals surface area contributed by atoms with E-state index < -0.39 is 22.4 Å². The number of halogens is 3. The molecule has 0 spiro atoms. The van der Waals surface area contributed by atoms with Gasteiger partial charge in [0.2, 0.25) is 0 Å². The van der Waals surface area contributed by atoms with Gasteiger partial charge in [-0.25, -0.2) is 9.50 Å². The number of anilines is 1. The summed E-state index contributed by atoms with van der Waals surface area (Å²) < 4.78 is 39.6. The van der Waals surface area contributed by atoms with Gasteiger partial charge >= 0.3 is 6.18 Å². The number of aromatic nitrogens is 3. The number of rotatable bonds is 4. The molecule has 2 heterocycles. The first kappa shape index (κ1) is 15.7. The van der Waals surface area contributed by atoms with Crippen LogP contribution in [0.1, 0.15) is 11.3 Å². The molecule has 0 fully saturated rings. The standard InChI is InChI=1S/C14H10F3N5O2/c15-14(16,17)9-1-2-11(12(7-9)22(23)24)19-8-10-3-5-18-13-4-6-20-21(10)13/h1-7,19H,8H2. The highest BCUT2D eigenvalue weighted by atomic mass is 19.4. The first-order chi connectivity index (χ1) is 11.4. The summed E-state index contributed by atoms with van der Waals surface area (Å²) in [5.74, 6) is 0. The Morgan fingerprint density at radius 2 is 2.00 bits per heavy atom. The number of nitrogens with one attached hydrogen (secondary N) is 1. The van der Waals surface area contributed by atoms with Gasteiger partial charge < -0.3 is 5.32 Å². The van der Waals surface area contributed by atoms with Gasteiger partial charge in [-0.3, -0.25) is 10.1 Å². The van der Waals surface area contributed by atoms with Crippen LogP contribution in [0.4, 0.5) is 24.5 Å². The van der Waals surface area contributed by atoms with Crippen molar-refractivity contribution < 1.29 is 18.1 Å². The van der Waals surface area contributed by atoms with Crippen molar-refractivity contribution in [1.29, 1.82) is 0 Å². The number of alkyl halides is 3. The van der Waals surface area contributed by atoms with Crippen molar-refractivity contribution in [3.8, 4) is 0 Å². The van der Waals surface area contributed by atoms with Gasteiger partial charge in [-0.1, -0.05) is 0 Å². The van der Waals surface area contributed by atoms with E-state index in [4.69, 9.17) is 0 Å². The van der Waals surface area contributed by atoms with E-state index in [2.05, 4.69) is 15.4 Å². The third kappa shape index (κ3) is 2.98. The molecule has 0 bridgehead atoms. The van der Waals surface area contributed by atoms with E-state index in [9.17, 15) is 23.3 Å². The Morgan fingerprint density at radius 3 is 2.71 bits per heavy atom. The molecule has 0 saturated heterocycles. The fourth-order valence-corrected chi connectivity index (χ4v) is 2.21. The number of nitro benzene ring substituents is 1. The highest BCUT2D eigenvalue weighted by Gasteiger charge is 2.33. The molecule has 2 aromatic heterocycles. The van der Waals surface area contributed by atoms with Crippen LogP contribution in [0.3, 0.4) is 0 Å². The SMILES string of the molecule is O=[N+]([O-])c1cc(C(F)(F)F)ccc1NCc1ccnc2ccnn12. The molecule has 0 unspecified atom stereocenters. The lowest BCUT2D eigenvalue weighted by molar-refractivity contribution is -0.384. The second-order valence-electron chi connectivity index (χ2n) is 4.88. The number of benzene rings is 1. The van der Waals surface area contributed by atoms with Crippen LogP contribution in [0.15, 0.2) is 42.7 Å². The molecule has 0 aliphatic rings. The largest absolute Gasteiger partial charge is 0.416 e. The second-order valence-corrected chi connectivity index (χ2v) is 4.88.